The highest BCUT2D eigenvalue weighted by molar-refractivity contribution is 6.30. The molecule has 0 aromatic heterocycles. The smallest absolute Gasteiger partial charge is 0.407 e. The van der Waals surface area contributed by atoms with Gasteiger partial charge in [0.05, 0.1) is 12.3 Å². The van der Waals surface area contributed by atoms with Crippen molar-refractivity contribution in [1.29, 1.82) is 0 Å². The molecule has 4 aromatic carbocycles. The standard InChI is InChI=1S/C37H39ClN2O6/c1-5-44-34(41)15-10-22-40(35(42)29-18-16-28(17-19-29)27-12-7-6-8-13-27)32-21-20-30(38)24-33(32)45-31-14-9-11-26(23-31)25-39-36(43)46-37(2,3)4/h6-9,11-14,16-21,23-24H,5,10,15,22,25H2,1-4H3,(H,39,43). The van der Waals surface area contributed by atoms with E-state index in [1.807, 2.05) is 54.6 Å². The van der Waals surface area contributed by atoms with E-state index in [4.69, 9.17) is 25.8 Å². The Hall–Kier alpha value is -4.82. The number of nitrogens with zero attached hydrogens (tertiary/aromatic N) is 1. The Morgan fingerprint density at radius 1 is 0.848 bits per heavy atom. The molecule has 0 aliphatic heterocycles. The van der Waals surface area contributed by atoms with Crippen LogP contribution in [-0.2, 0) is 20.8 Å². The number of carbonyl (C=O) groups is 3. The summed E-state index contributed by atoms with van der Waals surface area (Å²) >= 11 is 6.40. The van der Waals surface area contributed by atoms with Gasteiger partial charge in [0.1, 0.15) is 11.4 Å². The molecule has 1 N–H and O–H groups in total. The molecule has 46 heavy (non-hydrogen) atoms. The van der Waals surface area contributed by atoms with E-state index in [2.05, 4.69) is 5.32 Å². The average Bonchev–Trinajstić information content (AvgIpc) is 3.02. The lowest BCUT2D eigenvalue weighted by atomic mass is 10.0. The summed E-state index contributed by atoms with van der Waals surface area (Å²) in [6.45, 7) is 7.90. The van der Waals surface area contributed by atoms with Crippen LogP contribution >= 0.6 is 11.6 Å². The van der Waals surface area contributed by atoms with Crippen LogP contribution in [0.15, 0.2) is 97.1 Å². The Morgan fingerprint density at radius 3 is 2.26 bits per heavy atom. The predicted octanol–water partition coefficient (Wildman–Crippen LogP) is 8.81. The maximum Gasteiger partial charge on any atom is 0.407 e. The minimum Gasteiger partial charge on any atom is -0.466 e. The fourth-order valence-electron chi connectivity index (χ4n) is 4.66. The molecule has 0 bridgehead atoms. The fourth-order valence-corrected chi connectivity index (χ4v) is 4.83. The van der Waals surface area contributed by atoms with Crippen molar-refractivity contribution >= 4 is 35.3 Å². The third kappa shape index (κ3) is 10.1. The van der Waals surface area contributed by atoms with Crippen molar-refractivity contribution in [2.24, 2.45) is 0 Å². The van der Waals surface area contributed by atoms with E-state index in [0.717, 1.165) is 16.7 Å². The molecule has 0 radical (unpaired) electrons. The number of esters is 1. The predicted molar refractivity (Wildman–Crippen MR) is 180 cm³/mol. The molecule has 240 valence electrons. The van der Waals surface area contributed by atoms with Gasteiger partial charge in [-0.25, -0.2) is 4.79 Å². The molecule has 0 spiro atoms. The van der Waals surface area contributed by atoms with Gasteiger partial charge in [0.25, 0.3) is 5.91 Å². The average molecular weight is 643 g/mol. The number of nitrogens with one attached hydrogen (secondary N) is 1. The lowest BCUT2D eigenvalue weighted by Gasteiger charge is -2.25. The Bertz CT molecular complexity index is 1630. The molecule has 0 aliphatic carbocycles. The zero-order valence-electron chi connectivity index (χ0n) is 26.5. The summed E-state index contributed by atoms with van der Waals surface area (Å²) in [4.78, 5) is 39.9. The zero-order valence-corrected chi connectivity index (χ0v) is 27.3. The van der Waals surface area contributed by atoms with E-state index < -0.39 is 11.7 Å². The quantitative estimate of drug-likeness (QED) is 0.155. The van der Waals surface area contributed by atoms with Crippen molar-refractivity contribution in [3.8, 4) is 22.6 Å². The lowest BCUT2D eigenvalue weighted by Crippen LogP contribution is -2.32. The molecule has 0 heterocycles. The Balaban J connectivity index is 1.60. The summed E-state index contributed by atoms with van der Waals surface area (Å²) in [5.74, 6) is 0.255. The van der Waals surface area contributed by atoms with Gasteiger partial charge in [0, 0.05) is 36.2 Å². The molecule has 0 aliphatic rings. The Kier molecular flexibility index (Phi) is 11.8. The number of alkyl carbamates (subject to hydrolysis) is 1. The van der Waals surface area contributed by atoms with Gasteiger partial charge in [-0.3, -0.25) is 9.59 Å². The number of hydrogen-bond donors (Lipinski definition) is 1. The molecule has 0 fully saturated rings. The van der Waals surface area contributed by atoms with Crippen LogP contribution < -0.4 is 15.0 Å². The van der Waals surface area contributed by atoms with Gasteiger partial charge in [-0.05, 0) is 87.2 Å². The highest BCUT2D eigenvalue weighted by Crippen LogP contribution is 2.36. The zero-order chi connectivity index (χ0) is 33.1. The van der Waals surface area contributed by atoms with Crippen molar-refractivity contribution < 1.29 is 28.6 Å². The first-order valence-corrected chi connectivity index (χ1v) is 15.6. The van der Waals surface area contributed by atoms with Gasteiger partial charge in [-0.15, -0.1) is 0 Å². The molecule has 9 heteroatoms. The number of benzene rings is 4. The number of hydrogen-bond acceptors (Lipinski definition) is 6. The summed E-state index contributed by atoms with van der Waals surface area (Å²) in [6, 6.07) is 29.6. The largest absolute Gasteiger partial charge is 0.466 e. The molecule has 0 saturated carbocycles. The molecular formula is C37H39ClN2O6. The first-order chi connectivity index (χ1) is 22.0. The van der Waals surface area contributed by atoms with Crippen LogP contribution in [0.1, 0.15) is 56.5 Å². The third-order valence-corrected chi connectivity index (χ3v) is 6.96. The van der Waals surface area contributed by atoms with E-state index in [9.17, 15) is 14.4 Å². The molecule has 0 saturated heterocycles. The molecule has 0 atom stereocenters. The number of amides is 2. The molecular weight excluding hydrogens is 604 g/mol. The summed E-state index contributed by atoms with van der Waals surface area (Å²) in [6.07, 6.45) is 0.00596. The van der Waals surface area contributed by atoms with Gasteiger partial charge in [-0.1, -0.05) is 66.2 Å². The van der Waals surface area contributed by atoms with Crippen LogP contribution in [0, 0.1) is 0 Å². The van der Waals surface area contributed by atoms with E-state index in [0.29, 0.717) is 34.2 Å². The molecule has 4 rings (SSSR count). The van der Waals surface area contributed by atoms with E-state index in [1.165, 1.54) is 0 Å². The van der Waals surface area contributed by atoms with Crippen LogP contribution in [0.4, 0.5) is 10.5 Å². The van der Waals surface area contributed by atoms with Gasteiger partial charge in [0.2, 0.25) is 0 Å². The van der Waals surface area contributed by atoms with Gasteiger partial charge in [-0.2, -0.15) is 0 Å². The minimum absolute atomic E-state index is 0.154. The number of halogens is 1. The molecule has 4 aromatic rings. The summed E-state index contributed by atoms with van der Waals surface area (Å²) in [5.41, 5.74) is 3.18. The summed E-state index contributed by atoms with van der Waals surface area (Å²) < 4.78 is 16.7. The fraction of sp³-hybridized carbons (Fsp3) is 0.270. The number of anilines is 1. The van der Waals surface area contributed by atoms with Gasteiger partial charge >= 0.3 is 12.1 Å². The summed E-state index contributed by atoms with van der Waals surface area (Å²) in [5, 5.41) is 3.17. The lowest BCUT2D eigenvalue weighted by molar-refractivity contribution is -0.143. The third-order valence-electron chi connectivity index (χ3n) is 6.73. The number of ether oxygens (including phenoxy) is 3. The van der Waals surface area contributed by atoms with Crippen LogP contribution in [0.5, 0.6) is 11.5 Å². The highest BCUT2D eigenvalue weighted by atomic mass is 35.5. The minimum atomic E-state index is -0.610. The maximum absolute atomic E-state index is 14.1. The number of rotatable bonds is 12. The van der Waals surface area contributed by atoms with Crippen molar-refractivity contribution in [3.63, 3.8) is 0 Å². The SMILES string of the molecule is CCOC(=O)CCCN(C(=O)c1ccc(-c2ccccc2)cc1)c1ccc(Cl)cc1Oc1cccc(CNC(=O)OC(C)(C)C)c1. The highest BCUT2D eigenvalue weighted by Gasteiger charge is 2.23. The second-order valence-corrected chi connectivity index (χ2v) is 12.0. The monoisotopic (exact) mass is 642 g/mol. The summed E-state index contributed by atoms with van der Waals surface area (Å²) in [7, 11) is 0. The first kappa shape index (κ1) is 34.1. The van der Waals surface area contributed by atoms with Crippen molar-refractivity contribution in [2.75, 3.05) is 18.1 Å². The molecule has 8 nitrogen and oxygen atoms in total. The second kappa shape index (κ2) is 16.0. The first-order valence-electron chi connectivity index (χ1n) is 15.2. The number of carbonyl (C=O) groups excluding carboxylic acids is 3. The van der Waals surface area contributed by atoms with Crippen molar-refractivity contribution in [1.82, 2.24) is 5.32 Å². The van der Waals surface area contributed by atoms with E-state index >= 15 is 0 Å². The van der Waals surface area contributed by atoms with E-state index in [-0.39, 0.29) is 38.0 Å². The van der Waals surface area contributed by atoms with Gasteiger partial charge in [0.15, 0.2) is 5.75 Å². The molecule has 2 amide bonds. The molecule has 0 unspecified atom stereocenters. The van der Waals surface area contributed by atoms with Crippen LogP contribution in [0.25, 0.3) is 11.1 Å². The Labute approximate surface area is 275 Å². The van der Waals surface area contributed by atoms with Crippen LogP contribution in [0.2, 0.25) is 5.02 Å². The Morgan fingerprint density at radius 2 is 1.57 bits per heavy atom. The van der Waals surface area contributed by atoms with Crippen molar-refractivity contribution in [3.05, 3.63) is 113 Å². The van der Waals surface area contributed by atoms with E-state index in [1.54, 1.807) is 75.1 Å². The van der Waals surface area contributed by atoms with Gasteiger partial charge < -0.3 is 24.4 Å². The topological polar surface area (TPSA) is 94.2 Å². The maximum atomic E-state index is 14.1. The second-order valence-electron chi connectivity index (χ2n) is 11.5. The van der Waals surface area contributed by atoms with Crippen LogP contribution in [0.3, 0.4) is 0 Å². The normalized spacial score (nSPS) is 11.0. The van der Waals surface area contributed by atoms with Crippen molar-refractivity contribution in [2.45, 2.75) is 52.7 Å². The van der Waals surface area contributed by atoms with Crippen LogP contribution in [-0.4, -0.2) is 36.7 Å².